The summed E-state index contributed by atoms with van der Waals surface area (Å²) >= 11 is 0. The molecule has 1 aliphatic heterocycles. The lowest BCUT2D eigenvalue weighted by Crippen LogP contribution is -2.40. The Bertz CT molecular complexity index is 970. The quantitative estimate of drug-likeness (QED) is 0.648. The lowest BCUT2D eigenvalue weighted by Gasteiger charge is -2.23. The van der Waals surface area contributed by atoms with E-state index in [0.717, 1.165) is 5.69 Å². The summed E-state index contributed by atoms with van der Waals surface area (Å²) in [4.78, 5) is 25.9. The van der Waals surface area contributed by atoms with E-state index in [4.69, 9.17) is 9.47 Å². The molecule has 0 radical (unpaired) electrons. The molecule has 1 aromatic heterocycles. The van der Waals surface area contributed by atoms with E-state index in [1.165, 1.54) is 23.7 Å². The van der Waals surface area contributed by atoms with Crippen LogP contribution < -0.4 is 4.74 Å². The number of benzene rings is 1. The minimum atomic E-state index is -3.11. The standard InChI is InChI=1S/C18H21N3O6S/c1-20(14-8-9-28(24,25)12-14)16(22)11-27-18(23)17-15(26-2)10-21(19-17)13-6-4-3-5-7-13/h3-7,10,14H,8-9,11-12H2,1-2H3/t14-/m1/s1. The molecule has 2 aromatic rings. The molecule has 9 nitrogen and oxygen atoms in total. The number of esters is 1. The van der Waals surface area contributed by atoms with Gasteiger partial charge in [0.05, 0.1) is 30.5 Å². The van der Waals surface area contributed by atoms with Crippen LogP contribution in [0.3, 0.4) is 0 Å². The fraction of sp³-hybridized carbons (Fsp3) is 0.389. The molecule has 0 aliphatic carbocycles. The van der Waals surface area contributed by atoms with Crippen LogP contribution in [-0.2, 0) is 19.4 Å². The number of hydrogen-bond donors (Lipinski definition) is 0. The highest BCUT2D eigenvalue weighted by Gasteiger charge is 2.33. The van der Waals surface area contributed by atoms with E-state index < -0.39 is 34.4 Å². The zero-order chi connectivity index (χ0) is 20.3. The van der Waals surface area contributed by atoms with Crippen LogP contribution in [0.1, 0.15) is 16.9 Å². The van der Waals surface area contributed by atoms with Crippen LogP contribution >= 0.6 is 0 Å². The molecule has 1 atom stereocenters. The van der Waals surface area contributed by atoms with Gasteiger partial charge in [0.15, 0.2) is 22.2 Å². The van der Waals surface area contributed by atoms with Crippen LogP contribution in [0.25, 0.3) is 5.69 Å². The van der Waals surface area contributed by atoms with Gasteiger partial charge in [-0.15, -0.1) is 0 Å². The first kappa shape index (κ1) is 19.9. The minimum Gasteiger partial charge on any atom is -0.493 e. The molecular formula is C18H21N3O6S. The molecular weight excluding hydrogens is 386 g/mol. The van der Waals surface area contributed by atoms with Gasteiger partial charge in [-0.1, -0.05) is 18.2 Å². The third kappa shape index (κ3) is 4.33. The molecule has 3 rings (SSSR count). The summed E-state index contributed by atoms with van der Waals surface area (Å²) in [6.07, 6.45) is 1.93. The van der Waals surface area contributed by atoms with Crippen LogP contribution in [0.4, 0.5) is 0 Å². The predicted octanol–water partition coefficient (Wildman–Crippen LogP) is 0.683. The maximum Gasteiger partial charge on any atom is 0.363 e. The molecule has 150 valence electrons. The van der Waals surface area contributed by atoms with Gasteiger partial charge in [-0.25, -0.2) is 17.9 Å². The summed E-state index contributed by atoms with van der Waals surface area (Å²) < 4.78 is 34.9. The van der Waals surface area contributed by atoms with Crippen molar-refractivity contribution in [2.24, 2.45) is 0 Å². The molecule has 1 amide bonds. The molecule has 2 heterocycles. The number of carbonyl (C=O) groups excluding carboxylic acids is 2. The van der Waals surface area contributed by atoms with Crippen LogP contribution in [0.5, 0.6) is 5.75 Å². The number of aromatic nitrogens is 2. The maximum atomic E-state index is 12.4. The second-order valence-electron chi connectivity index (χ2n) is 6.46. The van der Waals surface area contributed by atoms with Gasteiger partial charge >= 0.3 is 5.97 Å². The summed E-state index contributed by atoms with van der Waals surface area (Å²) in [5.41, 5.74) is 0.684. The largest absolute Gasteiger partial charge is 0.493 e. The number of rotatable bonds is 6. The summed E-state index contributed by atoms with van der Waals surface area (Å²) in [7, 11) is -0.200. The third-order valence-electron chi connectivity index (χ3n) is 4.59. The van der Waals surface area contributed by atoms with Crippen LogP contribution in [0.15, 0.2) is 36.5 Å². The molecule has 1 saturated heterocycles. The SMILES string of the molecule is COc1cn(-c2ccccc2)nc1C(=O)OCC(=O)N(C)[C@@H]1CCS(=O)(=O)C1. The zero-order valence-corrected chi connectivity index (χ0v) is 16.4. The predicted molar refractivity (Wildman–Crippen MR) is 100 cm³/mol. The summed E-state index contributed by atoms with van der Waals surface area (Å²) in [5.74, 6) is -1.07. The van der Waals surface area contributed by atoms with E-state index in [-0.39, 0.29) is 22.9 Å². The first-order chi connectivity index (χ1) is 13.3. The van der Waals surface area contributed by atoms with Crippen molar-refractivity contribution < 1.29 is 27.5 Å². The van der Waals surface area contributed by atoms with E-state index in [1.54, 1.807) is 6.20 Å². The van der Waals surface area contributed by atoms with Gasteiger partial charge in [0.25, 0.3) is 5.91 Å². The fourth-order valence-corrected chi connectivity index (χ4v) is 4.72. The Labute approximate surface area is 162 Å². The highest BCUT2D eigenvalue weighted by molar-refractivity contribution is 7.91. The van der Waals surface area contributed by atoms with Crippen molar-refractivity contribution in [3.8, 4) is 11.4 Å². The maximum absolute atomic E-state index is 12.4. The Balaban J connectivity index is 1.65. The van der Waals surface area contributed by atoms with E-state index in [2.05, 4.69) is 5.10 Å². The number of sulfone groups is 1. The molecule has 10 heteroatoms. The molecule has 0 bridgehead atoms. The monoisotopic (exact) mass is 407 g/mol. The van der Waals surface area contributed by atoms with E-state index in [0.29, 0.717) is 6.42 Å². The first-order valence-electron chi connectivity index (χ1n) is 8.63. The van der Waals surface area contributed by atoms with Crippen molar-refractivity contribution in [1.29, 1.82) is 0 Å². The Kier molecular flexibility index (Phi) is 5.68. The van der Waals surface area contributed by atoms with Gasteiger partial charge in [-0.3, -0.25) is 4.79 Å². The van der Waals surface area contributed by atoms with E-state index >= 15 is 0 Å². The highest BCUT2D eigenvalue weighted by Crippen LogP contribution is 2.21. The van der Waals surface area contributed by atoms with Crippen LogP contribution in [0.2, 0.25) is 0 Å². The third-order valence-corrected chi connectivity index (χ3v) is 6.34. The summed E-state index contributed by atoms with van der Waals surface area (Å²) in [6, 6.07) is 8.75. The van der Waals surface area contributed by atoms with Crippen molar-refractivity contribution >= 4 is 21.7 Å². The van der Waals surface area contributed by atoms with Gasteiger partial charge < -0.3 is 14.4 Å². The number of nitrogens with zero attached hydrogens (tertiary/aromatic N) is 3. The summed E-state index contributed by atoms with van der Waals surface area (Å²) in [5, 5.41) is 4.18. The number of amides is 1. The normalized spacial score (nSPS) is 17.9. The lowest BCUT2D eigenvalue weighted by atomic mass is 10.2. The van der Waals surface area contributed by atoms with Crippen LogP contribution in [0, 0.1) is 0 Å². The average molecular weight is 407 g/mol. The molecule has 0 spiro atoms. The lowest BCUT2D eigenvalue weighted by molar-refractivity contribution is -0.134. The summed E-state index contributed by atoms with van der Waals surface area (Å²) in [6.45, 7) is -0.507. The van der Waals surface area contributed by atoms with E-state index in [1.807, 2.05) is 30.3 Å². The smallest absolute Gasteiger partial charge is 0.363 e. The minimum absolute atomic E-state index is 0.0507. The Morgan fingerprint density at radius 1 is 1.29 bits per heavy atom. The Hall–Kier alpha value is -2.88. The second-order valence-corrected chi connectivity index (χ2v) is 8.69. The van der Waals surface area contributed by atoms with Crippen molar-refractivity contribution in [2.45, 2.75) is 12.5 Å². The van der Waals surface area contributed by atoms with Gasteiger partial charge in [0.1, 0.15) is 0 Å². The molecule has 1 fully saturated rings. The highest BCUT2D eigenvalue weighted by atomic mass is 32.2. The number of likely N-dealkylation sites (N-methyl/N-ethyl adjacent to an activating group) is 1. The Morgan fingerprint density at radius 2 is 2.00 bits per heavy atom. The number of para-hydroxylation sites is 1. The number of ether oxygens (including phenoxy) is 2. The van der Waals surface area contributed by atoms with Gasteiger partial charge in [0.2, 0.25) is 5.69 Å². The van der Waals surface area contributed by atoms with Crippen molar-refractivity contribution in [2.75, 3.05) is 32.3 Å². The number of hydrogen-bond acceptors (Lipinski definition) is 7. The Morgan fingerprint density at radius 3 is 2.61 bits per heavy atom. The van der Waals surface area contributed by atoms with Gasteiger partial charge in [-0.05, 0) is 18.6 Å². The molecule has 0 unspecified atom stereocenters. The molecule has 0 saturated carbocycles. The average Bonchev–Trinajstić information content (AvgIpc) is 3.29. The first-order valence-corrected chi connectivity index (χ1v) is 10.4. The molecule has 1 aliphatic rings. The van der Waals surface area contributed by atoms with Crippen molar-refractivity contribution in [1.82, 2.24) is 14.7 Å². The van der Waals surface area contributed by atoms with Gasteiger partial charge in [-0.2, -0.15) is 5.10 Å². The van der Waals surface area contributed by atoms with Crippen molar-refractivity contribution in [3.63, 3.8) is 0 Å². The van der Waals surface area contributed by atoms with E-state index in [9.17, 15) is 18.0 Å². The van der Waals surface area contributed by atoms with Gasteiger partial charge in [0, 0.05) is 13.1 Å². The zero-order valence-electron chi connectivity index (χ0n) is 15.6. The topological polar surface area (TPSA) is 108 Å². The number of methoxy groups -OCH3 is 1. The van der Waals surface area contributed by atoms with Crippen LogP contribution in [-0.4, -0.2) is 73.3 Å². The fourth-order valence-electron chi connectivity index (χ4n) is 2.94. The molecule has 0 N–H and O–H groups in total. The van der Waals surface area contributed by atoms with Crippen molar-refractivity contribution in [3.05, 3.63) is 42.2 Å². The second kappa shape index (κ2) is 8.01. The number of carbonyl (C=O) groups is 2. The molecule has 1 aromatic carbocycles. The molecule has 28 heavy (non-hydrogen) atoms.